The van der Waals surface area contributed by atoms with Gasteiger partial charge in [-0.1, -0.05) is 24.3 Å². The fraction of sp³-hybridized carbons (Fsp3) is 0.333. The van der Waals surface area contributed by atoms with E-state index >= 15 is 0 Å². The number of nitrogens with one attached hydrogen (secondary N) is 1. The maximum atomic E-state index is 12.9. The second-order valence-electron chi connectivity index (χ2n) is 8.77. The van der Waals surface area contributed by atoms with E-state index < -0.39 is 17.1 Å². The molecule has 2 saturated heterocycles. The summed E-state index contributed by atoms with van der Waals surface area (Å²) in [4.78, 5) is 53.2. The quantitative estimate of drug-likeness (QED) is 0.509. The molecule has 200 valence electrons. The molecule has 2 aromatic rings. The van der Waals surface area contributed by atoms with Gasteiger partial charge in [-0.2, -0.15) is 0 Å². The van der Waals surface area contributed by atoms with Gasteiger partial charge in [-0.05, 0) is 60.5 Å². The number of para-hydroxylation sites is 1. The van der Waals surface area contributed by atoms with Crippen LogP contribution >= 0.6 is 11.8 Å². The normalized spacial score (nSPS) is 16.7. The third kappa shape index (κ3) is 6.35. The average Bonchev–Trinajstić information content (AvgIpc) is 3.17. The largest absolute Gasteiger partial charge is 0.493 e. The number of benzene rings is 2. The Morgan fingerprint density at radius 1 is 1.08 bits per heavy atom. The van der Waals surface area contributed by atoms with Crippen molar-refractivity contribution in [3.63, 3.8) is 0 Å². The minimum Gasteiger partial charge on any atom is -0.493 e. The first-order chi connectivity index (χ1) is 18.3. The Labute approximate surface area is 224 Å². The number of ether oxygens (including phenoxy) is 3. The summed E-state index contributed by atoms with van der Waals surface area (Å²) >= 11 is 0.765. The summed E-state index contributed by atoms with van der Waals surface area (Å²) < 4.78 is 16.3. The molecule has 10 nitrogen and oxygen atoms in total. The third-order valence-corrected chi connectivity index (χ3v) is 7.03. The maximum Gasteiger partial charge on any atom is 0.294 e. The van der Waals surface area contributed by atoms with Gasteiger partial charge in [-0.3, -0.25) is 24.1 Å². The standard InChI is InChI=1S/C27H29N3O7S/c1-17-5-4-6-18(2)25(17)28-23(31)15-30-26(33)22(38-27(30)34)14-19-7-8-20(21(13-19)35-3)37-16-24(32)29-9-11-36-12-10-29/h4-8,13-14H,9-12,15-16H2,1-3H3,(H,28,31)/b22-14-. The summed E-state index contributed by atoms with van der Waals surface area (Å²) in [5.74, 6) is -0.397. The molecule has 0 aromatic heterocycles. The van der Waals surface area contributed by atoms with Crippen molar-refractivity contribution >= 4 is 46.5 Å². The predicted molar refractivity (Wildman–Crippen MR) is 143 cm³/mol. The van der Waals surface area contributed by atoms with Crippen molar-refractivity contribution < 1.29 is 33.4 Å². The maximum absolute atomic E-state index is 12.9. The van der Waals surface area contributed by atoms with E-state index in [0.717, 1.165) is 27.8 Å². The number of hydrogen-bond acceptors (Lipinski definition) is 8. The van der Waals surface area contributed by atoms with E-state index in [0.29, 0.717) is 49.1 Å². The van der Waals surface area contributed by atoms with E-state index in [1.54, 1.807) is 29.2 Å². The Kier molecular flexibility index (Phi) is 8.70. The molecule has 2 aliphatic heterocycles. The molecule has 0 atom stereocenters. The number of imide groups is 1. The van der Waals surface area contributed by atoms with Gasteiger partial charge in [0.2, 0.25) is 5.91 Å². The second kappa shape index (κ2) is 12.1. The number of aryl methyl sites for hydroxylation is 2. The van der Waals surface area contributed by atoms with Crippen molar-refractivity contribution in [2.75, 3.05) is 51.9 Å². The van der Waals surface area contributed by atoms with Crippen molar-refractivity contribution in [1.29, 1.82) is 0 Å². The number of nitrogens with zero attached hydrogens (tertiary/aromatic N) is 2. The number of carbonyl (C=O) groups is 4. The zero-order valence-corrected chi connectivity index (χ0v) is 22.3. The summed E-state index contributed by atoms with van der Waals surface area (Å²) in [6.45, 7) is 5.29. The fourth-order valence-electron chi connectivity index (χ4n) is 4.06. The number of morpholine rings is 1. The topological polar surface area (TPSA) is 114 Å². The minimum atomic E-state index is -0.549. The zero-order valence-electron chi connectivity index (χ0n) is 21.4. The zero-order chi connectivity index (χ0) is 27.2. The SMILES string of the molecule is COc1cc(/C=C2\SC(=O)N(CC(=O)Nc3c(C)cccc3C)C2=O)ccc1OCC(=O)N1CCOCC1. The van der Waals surface area contributed by atoms with E-state index in [1.165, 1.54) is 7.11 Å². The first kappa shape index (κ1) is 27.2. The van der Waals surface area contributed by atoms with Gasteiger partial charge in [0.1, 0.15) is 6.54 Å². The summed E-state index contributed by atoms with van der Waals surface area (Å²) in [7, 11) is 1.47. The highest BCUT2D eigenvalue weighted by Crippen LogP contribution is 2.34. The van der Waals surface area contributed by atoms with Crippen LogP contribution in [0.2, 0.25) is 0 Å². The molecule has 2 heterocycles. The van der Waals surface area contributed by atoms with Crippen LogP contribution in [0.4, 0.5) is 10.5 Å². The van der Waals surface area contributed by atoms with Crippen LogP contribution in [0.25, 0.3) is 6.08 Å². The molecule has 4 rings (SSSR count). The number of carbonyl (C=O) groups excluding carboxylic acids is 4. The fourth-order valence-corrected chi connectivity index (χ4v) is 4.90. The average molecular weight is 540 g/mol. The summed E-state index contributed by atoms with van der Waals surface area (Å²) in [5.41, 5.74) is 3.04. The minimum absolute atomic E-state index is 0.140. The number of hydrogen-bond donors (Lipinski definition) is 1. The molecule has 2 aromatic carbocycles. The van der Waals surface area contributed by atoms with Crippen molar-refractivity contribution in [2.24, 2.45) is 0 Å². The Balaban J connectivity index is 1.40. The van der Waals surface area contributed by atoms with Crippen LogP contribution in [-0.4, -0.2) is 79.3 Å². The Morgan fingerprint density at radius 3 is 2.47 bits per heavy atom. The van der Waals surface area contributed by atoms with Crippen LogP contribution in [-0.2, 0) is 19.1 Å². The Hall–Kier alpha value is -3.83. The van der Waals surface area contributed by atoms with Gasteiger partial charge in [0.15, 0.2) is 18.1 Å². The van der Waals surface area contributed by atoms with Crippen molar-refractivity contribution in [2.45, 2.75) is 13.8 Å². The second-order valence-corrected chi connectivity index (χ2v) is 9.77. The van der Waals surface area contributed by atoms with Crippen LogP contribution in [0.1, 0.15) is 16.7 Å². The number of methoxy groups -OCH3 is 1. The highest BCUT2D eigenvalue weighted by atomic mass is 32.2. The van der Waals surface area contributed by atoms with Gasteiger partial charge in [0, 0.05) is 18.8 Å². The summed E-state index contributed by atoms with van der Waals surface area (Å²) in [6, 6.07) is 10.6. The molecule has 38 heavy (non-hydrogen) atoms. The smallest absolute Gasteiger partial charge is 0.294 e. The highest BCUT2D eigenvalue weighted by molar-refractivity contribution is 8.18. The molecule has 0 spiro atoms. The van der Waals surface area contributed by atoms with E-state index in [1.807, 2.05) is 32.0 Å². The number of rotatable bonds is 8. The lowest BCUT2D eigenvalue weighted by Gasteiger charge is -2.26. The third-order valence-electron chi connectivity index (χ3n) is 6.12. The molecule has 0 bridgehead atoms. The van der Waals surface area contributed by atoms with Gasteiger partial charge in [0.25, 0.3) is 17.1 Å². The van der Waals surface area contributed by atoms with Gasteiger partial charge >= 0.3 is 0 Å². The van der Waals surface area contributed by atoms with Crippen molar-refractivity contribution in [3.8, 4) is 11.5 Å². The molecular weight excluding hydrogens is 510 g/mol. The van der Waals surface area contributed by atoms with Gasteiger partial charge in [0.05, 0.1) is 25.2 Å². The lowest BCUT2D eigenvalue weighted by atomic mass is 10.1. The lowest BCUT2D eigenvalue weighted by Crippen LogP contribution is -2.43. The van der Waals surface area contributed by atoms with Gasteiger partial charge < -0.3 is 24.4 Å². The van der Waals surface area contributed by atoms with Crippen LogP contribution < -0.4 is 14.8 Å². The van der Waals surface area contributed by atoms with Gasteiger partial charge in [-0.15, -0.1) is 0 Å². The molecule has 0 aliphatic carbocycles. The van der Waals surface area contributed by atoms with E-state index in [2.05, 4.69) is 5.32 Å². The first-order valence-electron chi connectivity index (χ1n) is 12.0. The number of thioether (sulfide) groups is 1. The van der Waals surface area contributed by atoms with Crippen LogP contribution in [0.5, 0.6) is 11.5 Å². The monoisotopic (exact) mass is 539 g/mol. The van der Waals surface area contributed by atoms with Gasteiger partial charge in [-0.25, -0.2) is 0 Å². The predicted octanol–water partition coefficient (Wildman–Crippen LogP) is 3.22. The molecule has 4 amide bonds. The summed E-state index contributed by atoms with van der Waals surface area (Å²) in [6.07, 6.45) is 1.56. The molecule has 0 unspecified atom stereocenters. The van der Waals surface area contributed by atoms with Crippen molar-refractivity contribution in [3.05, 3.63) is 58.0 Å². The van der Waals surface area contributed by atoms with Crippen LogP contribution in [0.15, 0.2) is 41.3 Å². The highest BCUT2D eigenvalue weighted by Gasteiger charge is 2.36. The lowest BCUT2D eigenvalue weighted by molar-refractivity contribution is -0.137. The molecule has 11 heteroatoms. The molecule has 1 N–H and O–H groups in total. The van der Waals surface area contributed by atoms with Crippen LogP contribution in [0, 0.1) is 13.8 Å². The number of amides is 4. The van der Waals surface area contributed by atoms with E-state index in [9.17, 15) is 19.2 Å². The Morgan fingerprint density at radius 2 is 1.79 bits per heavy atom. The molecule has 0 saturated carbocycles. The molecule has 0 radical (unpaired) electrons. The number of anilines is 1. The summed E-state index contributed by atoms with van der Waals surface area (Å²) in [5, 5.41) is 2.27. The van der Waals surface area contributed by atoms with Crippen molar-refractivity contribution in [1.82, 2.24) is 9.80 Å². The van der Waals surface area contributed by atoms with E-state index in [4.69, 9.17) is 14.2 Å². The molecule has 2 fully saturated rings. The molecule has 2 aliphatic rings. The molecular formula is C27H29N3O7S. The Bertz CT molecular complexity index is 1270. The van der Waals surface area contributed by atoms with Crippen LogP contribution in [0.3, 0.4) is 0 Å². The first-order valence-corrected chi connectivity index (χ1v) is 12.9. The van der Waals surface area contributed by atoms with E-state index in [-0.39, 0.29) is 24.0 Å².